The molecule has 1 fully saturated rings. The number of hydrogen-bond donors (Lipinski definition) is 0. The number of pyridine rings is 1. The summed E-state index contributed by atoms with van der Waals surface area (Å²) in [4.78, 5) is 23.6. The number of para-hydroxylation sites is 1. The van der Waals surface area contributed by atoms with Gasteiger partial charge in [0.1, 0.15) is 18.3 Å². The van der Waals surface area contributed by atoms with Gasteiger partial charge >= 0.3 is 0 Å². The van der Waals surface area contributed by atoms with Crippen molar-refractivity contribution in [2.75, 3.05) is 6.54 Å². The molecular weight excluding hydrogens is 354 g/mol. The van der Waals surface area contributed by atoms with Gasteiger partial charge in [-0.15, -0.1) is 0 Å². The molecule has 0 aliphatic carbocycles. The first-order valence-electron chi connectivity index (χ1n) is 9.38. The smallest absolute Gasteiger partial charge is 0.249 e. The fraction of sp³-hybridized carbons (Fsp3) is 0.238. The lowest BCUT2D eigenvalue weighted by atomic mass is 10.2. The van der Waals surface area contributed by atoms with Crippen molar-refractivity contribution in [2.24, 2.45) is 0 Å². The van der Waals surface area contributed by atoms with E-state index in [1.807, 2.05) is 64.2 Å². The van der Waals surface area contributed by atoms with Gasteiger partial charge in [0.2, 0.25) is 17.6 Å². The second-order valence-electron chi connectivity index (χ2n) is 6.92. The zero-order valence-corrected chi connectivity index (χ0v) is 15.2. The lowest BCUT2D eigenvalue weighted by molar-refractivity contribution is -0.133. The number of likely N-dealkylation sites (tertiary alicyclic amines) is 1. The van der Waals surface area contributed by atoms with Crippen molar-refractivity contribution in [1.82, 2.24) is 24.6 Å². The van der Waals surface area contributed by atoms with E-state index in [1.54, 1.807) is 6.20 Å². The first kappa shape index (κ1) is 16.7. The van der Waals surface area contributed by atoms with E-state index in [9.17, 15) is 4.79 Å². The Balaban J connectivity index is 1.37. The Bertz CT molecular complexity index is 1120. The SMILES string of the molecule is O=C(Cn1ccc2ccccc21)N1CCC[C@H]1c1nc(-c2ccccn2)no1. The van der Waals surface area contributed by atoms with Gasteiger partial charge in [0.25, 0.3) is 0 Å². The summed E-state index contributed by atoms with van der Waals surface area (Å²) in [6.45, 7) is 0.995. The minimum atomic E-state index is -0.181. The minimum absolute atomic E-state index is 0.0569. The molecule has 0 N–H and O–H groups in total. The zero-order chi connectivity index (χ0) is 18.9. The summed E-state index contributed by atoms with van der Waals surface area (Å²) < 4.78 is 7.47. The maximum atomic E-state index is 13.0. The van der Waals surface area contributed by atoms with Gasteiger partial charge in [-0.05, 0) is 42.5 Å². The molecule has 5 rings (SSSR count). The molecule has 3 aromatic heterocycles. The summed E-state index contributed by atoms with van der Waals surface area (Å²) >= 11 is 0. The average molecular weight is 373 g/mol. The highest BCUT2D eigenvalue weighted by atomic mass is 16.5. The van der Waals surface area contributed by atoms with Crippen LogP contribution in [-0.2, 0) is 11.3 Å². The number of rotatable bonds is 4. The number of aromatic nitrogens is 4. The summed E-state index contributed by atoms with van der Waals surface area (Å²) in [6.07, 6.45) is 5.39. The Hall–Kier alpha value is -3.48. The summed E-state index contributed by atoms with van der Waals surface area (Å²) in [7, 11) is 0. The van der Waals surface area contributed by atoms with Gasteiger partial charge in [-0.1, -0.05) is 29.4 Å². The van der Waals surface area contributed by atoms with E-state index < -0.39 is 0 Å². The second-order valence-corrected chi connectivity index (χ2v) is 6.92. The average Bonchev–Trinajstić information content (AvgIpc) is 3.48. The Kier molecular flexibility index (Phi) is 4.12. The maximum Gasteiger partial charge on any atom is 0.249 e. The Morgan fingerprint density at radius 1 is 1.14 bits per heavy atom. The van der Waals surface area contributed by atoms with Gasteiger partial charge < -0.3 is 14.0 Å². The third-order valence-corrected chi connectivity index (χ3v) is 5.18. The molecular formula is C21H19N5O2. The second kappa shape index (κ2) is 6.92. The summed E-state index contributed by atoms with van der Waals surface area (Å²) in [6, 6.07) is 15.5. The fourth-order valence-corrected chi connectivity index (χ4v) is 3.81. The maximum absolute atomic E-state index is 13.0. The molecule has 1 aliphatic heterocycles. The van der Waals surface area contributed by atoms with Crippen LogP contribution in [0.15, 0.2) is 65.4 Å². The van der Waals surface area contributed by atoms with Gasteiger partial charge in [0, 0.05) is 24.5 Å². The molecule has 0 unspecified atom stereocenters. The zero-order valence-electron chi connectivity index (χ0n) is 15.2. The monoisotopic (exact) mass is 373 g/mol. The molecule has 4 heterocycles. The number of carbonyl (C=O) groups is 1. The van der Waals surface area contributed by atoms with E-state index in [4.69, 9.17) is 4.52 Å². The fourth-order valence-electron chi connectivity index (χ4n) is 3.81. The Morgan fingerprint density at radius 2 is 2.04 bits per heavy atom. The lowest BCUT2D eigenvalue weighted by Crippen LogP contribution is -2.33. The van der Waals surface area contributed by atoms with Crippen LogP contribution in [0.5, 0.6) is 0 Å². The largest absolute Gasteiger partial charge is 0.338 e. The summed E-state index contributed by atoms with van der Waals surface area (Å²) in [5.41, 5.74) is 1.72. The molecule has 1 atom stereocenters. The summed E-state index contributed by atoms with van der Waals surface area (Å²) in [5.74, 6) is 0.983. The number of nitrogens with zero attached hydrogens (tertiary/aromatic N) is 5. The van der Waals surface area contributed by atoms with Gasteiger partial charge in [0.05, 0.1) is 0 Å². The molecule has 1 amide bonds. The van der Waals surface area contributed by atoms with Gasteiger partial charge in [-0.25, -0.2) is 0 Å². The molecule has 1 aliphatic rings. The third-order valence-electron chi connectivity index (χ3n) is 5.18. The van der Waals surface area contributed by atoms with Gasteiger partial charge in [0.15, 0.2) is 0 Å². The van der Waals surface area contributed by atoms with Crippen LogP contribution < -0.4 is 0 Å². The van der Waals surface area contributed by atoms with Crippen molar-refractivity contribution in [1.29, 1.82) is 0 Å². The molecule has 140 valence electrons. The number of benzene rings is 1. The molecule has 7 nitrogen and oxygen atoms in total. The summed E-state index contributed by atoms with van der Waals surface area (Å²) in [5, 5.41) is 5.18. The van der Waals surface area contributed by atoms with Crippen molar-refractivity contribution in [2.45, 2.75) is 25.4 Å². The van der Waals surface area contributed by atoms with Gasteiger partial charge in [-0.2, -0.15) is 4.98 Å². The number of hydrogen-bond acceptors (Lipinski definition) is 5. The molecule has 0 saturated carbocycles. The number of amides is 1. The Labute approximate surface area is 161 Å². The highest BCUT2D eigenvalue weighted by Gasteiger charge is 2.34. The van der Waals surface area contributed by atoms with E-state index in [0.717, 1.165) is 23.7 Å². The normalized spacial score (nSPS) is 16.7. The van der Waals surface area contributed by atoms with Crippen molar-refractivity contribution in [3.05, 3.63) is 66.8 Å². The topological polar surface area (TPSA) is 77.1 Å². The van der Waals surface area contributed by atoms with Crippen molar-refractivity contribution in [3.63, 3.8) is 0 Å². The third kappa shape index (κ3) is 2.94. The van der Waals surface area contributed by atoms with Crippen molar-refractivity contribution < 1.29 is 9.32 Å². The highest BCUT2D eigenvalue weighted by molar-refractivity contribution is 5.83. The van der Waals surface area contributed by atoms with E-state index in [0.29, 0.717) is 30.5 Å². The molecule has 0 radical (unpaired) electrons. The van der Waals surface area contributed by atoms with E-state index in [1.165, 1.54) is 0 Å². The van der Waals surface area contributed by atoms with Crippen LogP contribution in [0, 0.1) is 0 Å². The minimum Gasteiger partial charge on any atom is -0.338 e. The lowest BCUT2D eigenvalue weighted by Gasteiger charge is -2.22. The van der Waals surface area contributed by atoms with Crippen LogP contribution in [0.25, 0.3) is 22.4 Å². The van der Waals surface area contributed by atoms with Crippen LogP contribution in [-0.4, -0.2) is 37.0 Å². The first-order chi connectivity index (χ1) is 13.8. The molecule has 7 heteroatoms. The Morgan fingerprint density at radius 3 is 2.93 bits per heavy atom. The molecule has 1 aromatic carbocycles. The quantitative estimate of drug-likeness (QED) is 0.548. The molecule has 28 heavy (non-hydrogen) atoms. The van der Waals surface area contributed by atoms with Gasteiger partial charge in [-0.3, -0.25) is 9.78 Å². The molecule has 4 aromatic rings. The first-order valence-corrected chi connectivity index (χ1v) is 9.38. The standard InChI is InChI=1S/C21H19N5O2/c27-19(14-25-13-10-15-6-1-2-8-17(15)25)26-12-5-9-18(26)21-23-20(24-28-21)16-7-3-4-11-22-16/h1-4,6-8,10-11,13,18H,5,9,12,14H2/t18-/m0/s1. The van der Waals surface area contributed by atoms with Crippen LogP contribution in [0.2, 0.25) is 0 Å². The molecule has 0 bridgehead atoms. The van der Waals surface area contributed by atoms with Crippen LogP contribution in [0.3, 0.4) is 0 Å². The van der Waals surface area contributed by atoms with Crippen LogP contribution >= 0.6 is 0 Å². The van der Waals surface area contributed by atoms with Crippen LogP contribution in [0.1, 0.15) is 24.8 Å². The highest BCUT2D eigenvalue weighted by Crippen LogP contribution is 2.32. The van der Waals surface area contributed by atoms with Crippen molar-refractivity contribution >= 4 is 16.8 Å². The molecule has 0 spiro atoms. The van der Waals surface area contributed by atoms with Crippen LogP contribution in [0.4, 0.5) is 0 Å². The number of carbonyl (C=O) groups excluding carboxylic acids is 1. The van der Waals surface area contributed by atoms with Crippen molar-refractivity contribution in [3.8, 4) is 11.5 Å². The number of fused-ring (bicyclic) bond motifs is 1. The predicted octanol–water partition coefficient (Wildman–Crippen LogP) is 3.45. The van der Waals surface area contributed by atoms with E-state index in [-0.39, 0.29) is 11.9 Å². The molecule has 1 saturated heterocycles. The van der Waals surface area contributed by atoms with E-state index in [2.05, 4.69) is 15.1 Å². The van der Waals surface area contributed by atoms with E-state index >= 15 is 0 Å². The predicted molar refractivity (Wildman–Crippen MR) is 103 cm³/mol.